The smallest absolute Gasteiger partial charge is 0.138 e. The molecule has 0 bridgehead atoms. The van der Waals surface area contributed by atoms with Crippen molar-refractivity contribution in [3.05, 3.63) is 11.4 Å². The number of hydrogen-bond donors (Lipinski definition) is 3. The summed E-state index contributed by atoms with van der Waals surface area (Å²) in [5.74, 6) is 2.62. The van der Waals surface area contributed by atoms with Gasteiger partial charge in [-0.2, -0.15) is 0 Å². The van der Waals surface area contributed by atoms with E-state index < -0.39 is 0 Å². The van der Waals surface area contributed by atoms with E-state index in [1.807, 2.05) is 6.92 Å². The molecule has 0 amide bonds. The van der Waals surface area contributed by atoms with Crippen LogP contribution in [-0.4, -0.2) is 33.8 Å². The number of anilines is 2. The van der Waals surface area contributed by atoms with Gasteiger partial charge in [-0.05, 0) is 26.7 Å². The van der Waals surface area contributed by atoms with Gasteiger partial charge in [0.1, 0.15) is 17.5 Å². The summed E-state index contributed by atoms with van der Waals surface area (Å²) in [6, 6.07) is 0.320. The predicted octanol–water partition coefficient (Wildman–Crippen LogP) is 2.45. The van der Waals surface area contributed by atoms with E-state index in [2.05, 4.69) is 48.3 Å². The van der Waals surface area contributed by atoms with Gasteiger partial charge in [0.05, 0.1) is 6.10 Å². The summed E-state index contributed by atoms with van der Waals surface area (Å²) in [6.07, 6.45) is 1.43. The van der Waals surface area contributed by atoms with Crippen LogP contribution in [0.5, 0.6) is 0 Å². The lowest BCUT2D eigenvalue weighted by Crippen LogP contribution is -2.39. The van der Waals surface area contributed by atoms with E-state index in [9.17, 15) is 5.11 Å². The van der Waals surface area contributed by atoms with E-state index >= 15 is 0 Å². The first-order valence-corrected chi connectivity index (χ1v) is 7.38. The Kier molecular flexibility index (Phi) is 4.18. The minimum atomic E-state index is -0.162. The van der Waals surface area contributed by atoms with Crippen molar-refractivity contribution in [3.63, 3.8) is 0 Å². The third-order valence-corrected chi connectivity index (χ3v) is 3.61. The summed E-state index contributed by atoms with van der Waals surface area (Å²) in [4.78, 5) is 9.34. The first kappa shape index (κ1) is 15.0. The van der Waals surface area contributed by atoms with E-state index in [4.69, 9.17) is 0 Å². The molecule has 3 N–H and O–H groups in total. The van der Waals surface area contributed by atoms with Crippen molar-refractivity contribution in [2.75, 3.05) is 17.2 Å². The van der Waals surface area contributed by atoms with E-state index in [0.29, 0.717) is 6.04 Å². The lowest BCUT2D eigenvalue weighted by atomic mass is 9.89. The van der Waals surface area contributed by atoms with Crippen LogP contribution in [0, 0.1) is 6.92 Å². The van der Waals surface area contributed by atoms with Gasteiger partial charge >= 0.3 is 0 Å². The molecule has 0 aromatic carbocycles. The first-order chi connectivity index (χ1) is 9.31. The van der Waals surface area contributed by atoms with Gasteiger partial charge in [0, 0.05) is 23.6 Å². The normalized spacial score (nSPS) is 22.3. The van der Waals surface area contributed by atoms with Crippen molar-refractivity contribution >= 4 is 11.6 Å². The first-order valence-electron chi connectivity index (χ1n) is 7.38. The van der Waals surface area contributed by atoms with Gasteiger partial charge in [0.2, 0.25) is 0 Å². The van der Waals surface area contributed by atoms with Crippen LogP contribution in [0.3, 0.4) is 0 Å². The Morgan fingerprint density at radius 3 is 2.30 bits per heavy atom. The standard InChI is InChI=1S/C15H26N4O/c1-6-16-12-9(2)13(17-10-7-11(20)8-10)19-14(18-12)15(3,4)5/h10-11,20H,6-8H2,1-5H3,(H2,16,17,18,19). The van der Waals surface area contributed by atoms with Crippen LogP contribution in [0.1, 0.15) is 51.9 Å². The average Bonchev–Trinajstić information content (AvgIpc) is 2.30. The van der Waals surface area contributed by atoms with E-state index in [0.717, 1.165) is 42.4 Å². The van der Waals surface area contributed by atoms with Crippen molar-refractivity contribution in [2.45, 2.75) is 65.0 Å². The number of rotatable bonds is 4. The molecule has 0 unspecified atom stereocenters. The summed E-state index contributed by atoms with van der Waals surface area (Å²) >= 11 is 0. The third-order valence-electron chi connectivity index (χ3n) is 3.61. The van der Waals surface area contributed by atoms with Crippen molar-refractivity contribution < 1.29 is 5.11 Å². The van der Waals surface area contributed by atoms with Crippen LogP contribution in [-0.2, 0) is 5.41 Å². The SMILES string of the molecule is CCNc1nc(C(C)(C)C)nc(NC2CC(O)C2)c1C. The summed E-state index contributed by atoms with van der Waals surface area (Å²) in [7, 11) is 0. The van der Waals surface area contributed by atoms with Crippen LogP contribution < -0.4 is 10.6 Å². The zero-order valence-electron chi connectivity index (χ0n) is 13.1. The fourth-order valence-electron chi connectivity index (χ4n) is 2.23. The van der Waals surface area contributed by atoms with E-state index in [1.54, 1.807) is 0 Å². The summed E-state index contributed by atoms with van der Waals surface area (Å²) in [6.45, 7) is 11.3. The Bertz CT molecular complexity index is 475. The molecule has 1 fully saturated rings. The second-order valence-corrected chi connectivity index (χ2v) is 6.62. The van der Waals surface area contributed by atoms with Crippen molar-refractivity contribution in [2.24, 2.45) is 0 Å². The van der Waals surface area contributed by atoms with Gasteiger partial charge < -0.3 is 15.7 Å². The van der Waals surface area contributed by atoms with E-state index in [1.165, 1.54) is 0 Å². The van der Waals surface area contributed by atoms with Crippen molar-refractivity contribution in [3.8, 4) is 0 Å². The monoisotopic (exact) mass is 278 g/mol. The number of nitrogens with zero attached hydrogens (tertiary/aromatic N) is 2. The molecule has 0 spiro atoms. The molecule has 0 radical (unpaired) electrons. The predicted molar refractivity (Wildman–Crippen MR) is 82.3 cm³/mol. The van der Waals surface area contributed by atoms with Crippen LogP contribution in [0.25, 0.3) is 0 Å². The molecule has 0 aliphatic heterocycles. The minimum Gasteiger partial charge on any atom is -0.393 e. The molecule has 112 valence electrons. The van der Waals surface area contributed by atoms with Gasteiger partial charge in [-0.3, -0.25) is 0 Å². The number of hydrogen-bond acceptors (Lipinski definition) is 5. The molecule has 1 aliphatic carbocycles. The minimum absolute atomic E-state index is 0.0899. The van der Waals surface area contributed by atoms with Gasteiger partial charge in [0.15, 0.2) is 0 Å². The Morgan fingerprint density at radius 1 is 1.20 bits per heavy atom. The molecular formula is C15H26N4O. The maximum Gasteiger partial charge on any atom is 0.138 e. The third kappa shape index (κ3) is 3.20. The fourth-order valence-corrected chi connectivity index (χ4v) is 2.23. The second-order valence-electron chi connectivity index (χ2n) is 6.62. The summed E-state index contributed by atoms with van der Waals surface area (Å²) < 4.78 is 0. The second kappa shape index (κ2) is 5.56. The molecule has 5 nitrogen and oxygen atoms in total. The van der Waals surface area contributed by atoms with E-state index in [-0.39, 0.29) is 11.5 Å². The molecule has 1 aliphatic rings. The van der Waals surface area contributed by atoms with Crippen molar-refractivity contribution in [1.29, 1.82) is 0 Å². The van der Waals surface area contributed by atoms with Crippen LogP contribution in [0.4, 0.5) is 11.6 Å². The molecule has 1 aromatic heterocycles. The Balaban J connectivity index is 2.30. The number of aliphatic hydroxyl groups excluding tert-OH is 1. The highest BCUT2D eigenvalue weighted by Gasteiger charge is 2.29. The zero-order valence-corrected chi connectivity index (χ0v) is 13.1. The molecule has 20 heavy (non-hydrogen) atoms. The van der Waals surface area contributed by atoms with Crippen LogP contribution >= 0.6 is 0 Å². The molecule has 0 saturated heterocycles. The highest BCUT2D eigenvalue weighted by atomic mass is 16.3. The lowest BCUT2D eigenvalue weighted by molar-refractivity contribution is 0.0835. The molecule has 1 heterocycles. The average molecular weight is 278 g/mol. The number of nitrogens with one attached hydrogen (secondary N) is 2. The lowest BCUT2D eigenvalue weighted by Gasteiger charge is -2.33. The van der Waals surface area contributed by atoms with Crippen molar-refractivity contribution in [1.82, 2.24) is 9.97 Å². The van der Waals surface area contributed by atoms with Gasteiger partial charge in [-0.15, -0.1) is 0 Å². The molecule has 5 heteroatoms. The molecule has 1 saturated carbocycles. The molecular weight excluding hydrogens is 252 g/mol. The highest BCUT2D eigenvalue weighted by molar-refractivity contribution is 5.58. The topological polar surface area (TPSA) is 70.1 Å². The Hall–Kier alpha value is -1.36. The van der Waals surface area contributed by atoms with Gasteiger partial charge in [-0.25, -0.2) is 9.97 Å². The summed E-state index contributed by atoms with van der Waals surface area (Å²) in [5, 5.41) is 16.1. The molecule has 2 rings (SSSR count). The van der Waals surface area contributed by atoms with Gasteiger partial charge in [-0.1, -0.05) is 20.8 Å². The van der Waals surface area contributed by atoms with Crippen LogP contribution in [0.2, 0.25) is 0 Å². The molecule has 1 aromatic rings. The maximum absolute atomic E-state index is 9.40. The van der Waals surface area contributed by atoms with Crippen LogP contribution in [0.15, 0.2) is 0 Å². The number of aromatic nitrogens is 2. The Morgan fingerprint density at radius 2 is 1.80 bits per heavy atom. The molecule has 0 atom stereocenters. The maximum atomic E-state index is 9.40. The quantitative estimate of drug-likeness (QED) is 0.789. The fraction of sp³-hybridized carbons (Fsp3) is 0.733. The Labute approximate surface area is 121 Å². The van der Waals surface area contributed by atoms with Gasteiger partial charge in [0.25, 0.3) is 0 Å². The summed E-state index contributed by atoms with van der Waals surface area (Å²) in [5.41, 5.74) is 0.953. The number of aliphatic hydroxyl groups is 1. The largest absolute Gasteiger partial charge is 0.393 e. The highest BCUT2D eigenvalue weighted by Crippen LogP contribution is 2.29. The zero-order chi connectivity index (χ0) is 14.9.